The summed E-state index contributed by atoms with van der Waals surface area (Å²) in [5.74, 6) is 0.822. The van der Waals surface area contributed by atoms with E-state index in [0.717, 1.165) is 30.1 Å². The molecule has 2 rings (SSSR count). The number of hydrogen-bond donors (Lipinski definition) is 3. The van der Waals surface area contributed by atoms with Crippen molar-refractivity contribution < 1.29 is 9.21 Å². The SMILES string of the molecule is CN=C(NCc1ccc(NC(=O)c2ccco2)cc1)NC(C)CCC(C)(C)C.I. The molecule has 1 heterocycles. The molecule has 6 nitrogen and oxygen atoms in total. The van der Waals surface area contributed by atoms with E-state index in [2.05, 4.69) is 48.6 Å². The highest BCUT2D eigenvalue weighted by molar-refractivity contribution is 14.0. The number of guanidine groups is 1. The van der Waals surface area contributed by atoms with Crippen molar-refractivity contribution in [2.75, 3.05) is 12.4 Å². The van der Waals surface area contributed by atoms with Gasteiger partial charge in [-0.3, -0.25) is 9.79 Å². The molecule has 0 radical (unpaired) electrons. The van der Waals surface area contributed by atoms with Crippen molar-refractivity contribution in [1.29, 1.82) is 0 Å². The Morgan fingerprint density at radius 2 is 1.86 bits per heavy atom. The van der Waals surface area contributed by atoms with E-state index in [1.807, 2.05) is 24.3 Å². The number of benzene rings is 1. The van der Waals surface area contributed by atoms with E-state index in [1.54, 1.807) is 19.2 Å². The number of rotatable bonds is 7. The van der Waals surface area contributed by atoms with Crippen LogP contribution in [0.2, 0.25) is 0 Å². The van der Waals surface area contributed by atoms with Crippen LogP contribution in [0.1, 0.15) is 56.7 Å². The van der Waals surface area contributed by atoms with Crippen molar-refractivity contribution in [1.82, 2.24) is 10.6 Å². The third-order valence-electron chi connectivity index (χ3n) is 4.35. The van der Waals surface area contributed by atoms with Gasteiger partial charge in [-0.15, -0.1) is 24.0 Å². The lowest BCUT2D eigenvalue weighted by molar-refractivity contribution is 0.0996. The zero-order valence-corrected chi connectivity index (χ0v) is 20.2. The summed E-state index contributed by atoms with van der Waals surface area (Å²) < 4.78 is 5.09. The molecule has 3 N–H and O–H groups in total. The average Bonchev–Trinajstić information content (AvgIpc) is 3.19. The lowest BCUT2D eigenvalue weighted by Gasteiger charge is -2.23. The molecule has 0 spiro atoms. The van der Waals surface area contributed by atoms with Crippen LogP contribution in [0.5, 0.6) is 0 Å². The summed E-state index contributed by atoms with van der Waals surface area (Å²) in [6.45, 7) is 9.60. The normalized spacial score (nSPS) is 12.7. The Labute approximate surface area is 191 Å². The number of carbonyl (C=O) groups excluding carboxylic acids is 1. The molecule has 0 aliphatic carbocycles. The zero-order valence-electron chi connectivity index (χ0n) is 17.9. The van der Waals surface area contributed by atoms with Gasteiger partial charge in [0.1, 0.15) is 0 Å². The van der Waals surface area contributed by atoms with Crippen LogP contribution in [0, 0.1) is 5.41 Å². The molecular weight excluding hydrogens is 479 g/mol. The second kappa shape index (κ2) is 11.8. The number of nitrogens with one attached hydrogen (secondary N) is 3. The van der Waals surface area contributed by atoms with Gasteiger partial charge in [0, 0.05) is 25.3 Å². The molecule has 0 saturated heterocycles. The monoisotopic (exact) mass is 512 g/mol. The summed E-state index contributed by atoms with van der Waals surface area (Å²) >= 11 is 0. The molecule has 1 unspecified atom stereocenters. The number of furan rings is 1. The van der Waals surface area contributed by atoms with Gasteiger partial charge in [-0.1, -0.05) is 32.9 Å². The maximum atomic E-state index is 12.0. The molecule has 2 aromatic rings. The maximum absolute atomic E-state index is 12.0. The number of carbonyl (C=O) groups is 1. The molecule has 0 aliphatic rings. The molecule has 1 amide bonds. The van der Waals surface area contributed by atoms with Crippen LogP contribution in [0.15, 0.2) is 52.1 Å². The topological polar surface area (TPSA) is 78.7 Å². The van der Waals surface area contributed by atoms with Gasteiger partial charge < -0.3 is 20.4 Å². The standard InChI is InChI=1S/C22H32N4O2.HI/c1-16(12-13-22(2,3)4)25-21(23-5)24-15-17-8-10-18(11-9-17)26-20(27)19-7-6-14-28-19;/h6-11,14,16H,12-13,15H2,1-5H3,(H,26,27)(H2,23,24,25);1H. The van der Waals surface area contributed by atoms with Gasteiger partial charge in [-0.05, 0) is 55.0 Å². The number of anilines is 1. The third-order valence-corrected chi connectivity index (χ3v) is 4.35. The van der Waals surface area contributed by atoms with Gasteiger partial charge in [0.25, 0.3) is 5.91 Å². The van der Waals surface area contributed by atoms with E-state index < -0.39 is 0 Å². The smallest absolute Gasteiger partial charge is 0.291 e. The molecule has 7 heteroatoms. The fourth-order valence-electron chi connectivity index (χ4n) is 2.64. The first-order valence-corrected chi connectivity index (χ1v) is 9.68. The molecule has 0 saturated carbocycles. The van der Waals surface area contributed by atoms with Crippen LogP contribution >= 0.6 is 24.0 Å². The predicted molar refractivity (Wildman–Crippen MR) is 130 cm³/mol. The Hall–Kier alpha value is -2.03. The fourth-order valence-corrected chi connectivity index (χ4v) is 2.64. The first kappa shape index (κ1) is 25.0. The maximum Gasteiger partial charge on any atom is 0.291 e. The van der Waals surface area contributed by atoms with Gasteiger partial charge in [-0.25, -0.2) is 0 Å². The number of halogens is 1. The minimum absolute atomic E-state index is 0. The summed E-state index contributed by atoms with van der Waals surface area (Å²) in [5, 5.41) is 9.58. The molecule has 1 aromatic heterocycles. The fraction of sp³-hybridized carbons (Fsp3) is 0.455. The number of nitrogens with zero attached hydrogens (tertiary/aromatic N) is 1. The highest BCUT2D eigenvalue weighted by atomic mass is 127. The van der Waals surface area contributed by atoms with Crippen molar-refractivity contribution in [2.45, 2.75) is 53.1 Å². The van der Waals surface area contributed by atoms with Crippen molar-refractivity contribution in [3.63, 3.8) is 0 Å². The Kier molecular flexibility index (Phi) is 10.2. The van der Waals surface area contributed by atoms with Crippen molar-refractivity contribution in [3.8, 4) is 0 Å². The van der Waals surface area contributed by atoms with E-state index in [0.29, 0.717) is 23.8 Å². The highest BCUT2D eigenvalue weighted by Crippen LogP contribution is 2.21. The predicted octanol–water partition coefficient (Wildman–Crippen LogP) is 5.03. The summed E-state index contributed by atoms with van der Waals surface area (Å²) in [4.78, 5) is 16.3. The second-order valence-corrected chi connectivity index (χ2v) is 8.20. The number of hydrogen-bond acceptors (Lipinski definition) is 3. The second-order valence-electron chi connectivity index (χ2n) is 8.20. The lowest BCUT2D eigenvalue weighted by atomic mass is 9.89. The zero-order chi connectivity index (χ0) is 20.6. The molecule has 0 bridgehead atoms. The van der Waals surface area contributed by atoms with Gasteiger partial charge in [0.15, 0.2) is 11.7 Å². The summed E-state index contributed by atoms with van der Waals surface area (Å²) in [5.41, 5.74) is 2.16. The number of amides is 1. The van der Waals surface area contributed by atoms with E-state index in [1.165, 1.54) is 6.26 Å². The van der Waals surface area contributed by atoms with Crippen LogP contribution in [0.3, 0.4) is 0 Å². The highest BCUT2D eigenvalue weighted by Gasteiger charge is 2.13. The molecule has 160 valence electrons. The Morgan fingerprint density at radius 1 is 1.17 bits per heavy atom. The third kappa shape index (κ3) is 9.34. The van der Waals surface area contributed by atoms with E-state index >= 15 is 0 Å². The van der Waals surface area contributed by atoms with Gasteiger partial charge in [-0.2, -0.15) is 0 Å². The van der Waals surface area contributed by atoms with Gasteiger partial charge in [0.05, 0.1) is 6.26 Å². The molecule has 29 heavy (non-hydrogen) atoms. The van der Waals surface area contributed by atoms with Crippen molar-refractivity contribution in [2.24, 2.45) is 10.4 Å². The van der Waals surface area contributed by atoms with Crippen LogP contribution in [-0.4, -0.2) is 25.0 Å². The minimum Gasteiger partial charge on any atom is -0.459 e. The first-order valence-electron chi connectivity index (χ1n) is 9.68. The summed E-state index contributed by atoms with van der Waals surface area (Å²) in [7, 11) is 1.78. The van der Waals surface area contributed by atoms with Crippen molar-refractivity contribution in [3.05, 3.63) is 54.0 Å². The van der Waals surface area contributed by atoms with Crippen LogP contribution in [0.4, 0.5) is 5.69 Å². The van der Waals surface area contributed by atoms with Crippen molar-refractivity contribution >= 4 is 41.5 Å². The molecular formula is C22H33IN4O2. The van der Waals surface area contributed by atoms with E-state index in [-0.39, 0.29) is 29.9 Å². The van der Waals surface area contributed by atoms with E-state index in [4.69, 9.17) is 4.42 Å². The first-order chi connectivity index (χ1) is 13.3. The van der Waals surface area contributed by atoms with E-state index in [9.17, 15) is 4.79 Å². The Morgan fingerprint density at radius 3 is 2.41 bits per heavy atom. The van der Waals surface area contributed by atoms with Crippen LogP contribution < -0.4 is 16.0 Å². The molecule has 0 aliphatic heterocycles. The van der Waals surface area contributed by atoms with Gasteiger partial charge in [0.2, 0.25) is 0 Å². The summed E-state index contributed by atoms with van der Waals surface area (Å²) in [6, 6.07) is 11.4. The molecule has 0 fully saturated rings. The van der Waals surface area contributed by atoms with Gasteiger partial charge >= 0.3 is 0 Å². The molecule has 1 atom stereocenters. The largest absolute Gasteiger partial charge is 0.459 e. The summed E-state index contributed by atoms with van der Waals surface area (Å²) in [6.07, 6.45) is 3.73. The quantitative estimate of drug-likeness (QED) is 0.276. The molecule has 1 aromatic carbocycles. The Balaban J connectivity index is 0.00000420. The lowest BCUT2D eigenvalue weighted by Crippen LogP contribution is -2.42. The Bertz CT molecular complexity index is 765. The minimum atomic E-state index is -0.260. The van der Waals surface area contributed by atoms with Crippen LogP contribution in [0.25, 0.3) is 0 Å². The number of aliphatic imine (C=N–C) groups is 1. The van der Waals surface area contributed by atoms with Crippen LogP contribution in [-0.2, 0) is 6.54 Å². The average molecular weight is 512 g/mol.